The Labute approximate surface area is 131 Å². The molecule has 3 N–H and O–H groups in total. The van der Waals surface area contributed by atoms with E-state index in [4.69, 9.17) is 15.5 Å². The Hall–Kier alpha value is -2.49. The number of benzene rings is 2. The van der Waals surface area contributed by atoms with E-state index in [1.165, 1.54) is 5.56 Å². The standard InChI is InChI=1S/C18H21N3O/c1-4-16-18(20-14-7-5-11(2)9-12(14)3)21-15-8-6-13(19)10-17(15)22-16/h5-10,16H,4,19H2,1-3H3,(H,20,21). The van der Waals surface area contributed by atoms with Crippen LogP contribution >= 0.6 is 0 Å². The highest BCUT2D eigenvalue weighted by molar-refractivity contribution is 6.03. The van der Waals surface area contributed by atoms with Gasteiger partial charge in [0.15, 0.2) is 6.10 Å². The third kappa shape index (κ3) is 2.77. The van der Waals surface area contributed by atoms with E-state index in [2.05, 4.69) is 38.2 Å². The monoisotopic (exact) mass is 295 g/mol. The fourth-order valence-corrected chi connectivity index (χ4v) is 2.60. The third-order valence-electron chi connectivity index (χ3n) is 3.81. The molecule has 4 nitrogen and oxygen atoms in total. The van der Waals surface area contributed by atoms with E-state index >= 15 is 0 Å². The van der Waals surface area contributed by atoms with Gasteiger partial charge in [0.1, 0.15) is 11.6 Å². The molecule has 0 radical (unpaired) electrons. The van der Waals surface area contributed by atoms with Crippen LogP contribution in [0.4, 0.5) is 17.1 Å². The molecule has 0 saturated carbocycles. The van der Waals surface area contributed by atoms with Gasteiger partial charge in [-0.3, -0.25) is 0 Å². The van der Waals surface area contributed by atoms with Gasteiger partial charge < -0.3 is 15.8 Å². The van der Waals surface area contributed by atoms with Gasteiger partial charge in [0.05, 0.1) is 11.4 Å². The van der Waals surface area contributed by atoms with Crippen LogP contribution in [-0.2, 0) is 0 Å². The normalized spacial score (nSPS) is 18.5. The number of anilines is 2. The van der Waals surface area contributed by atoms with Crippen molar-refractivity contribution in [3.8, 4) is 5.75 Å². The van der Waals surface area contributed by atoms with Crippen molar-refractivity contribution in [2.75, 3.05) is 11.1 Å². The van der Waals surface area contributed by atoms with Crippen molar-refractivity contribution in [1.29, 1.82) is 0 Å². The van der Waals surface area contributed by atoms with Crippen molar-refractivity contribution in [3.05, 3.63) is 47.5 Å². The number of hydrogen-bond acceptors (Lipinski definition) is 3. The minimum absolute atomic E-state index is 0.0880. The fourth-order valence-electron chi connectivity index (χ4n) is 2.60. The van der Waals surface area contributed by atoms with E-state index in [0.717, 1.165) is 34.9 Å². The quantitative estimate of drug-likeness (QED) is 0.816. The summed E-state index contributed by atoms with van der Waals surface area (Å²) in [5, 5.41) is 3.38. The molecule has 2 aromatic rings. The van der Waals surface area contributed by atoms with Gasteiger partial charge in [0, 0.05) is 11.8 Å². The van der Waals surface area contributed by atoms with E-state index in [1.54, 1.807) is 0 Å². The van der Waals surface area contributed by atoms with E-state index in [9.17, 15) is 0 Å². The van der Waals surface area contributed by atoms with Crippen molar-refractivity contribution in [2.24, 2.45) is 4.99 Å². The van der Waals surface area contributed by atoms with Gasteiger partial charge in [0.25, 0.3) is 0 Å². The van der Waals surface area contributed by atoms with Gasteiger partial charge in [-0.05, 0) is 44.0 Å². The highest BCUT2D eigenvalue weighted by atomic mass is 16.5. The molecule has 1 atom stereocenters. The molecular formula is C18H21N3O. The average Bonchev–Trinajstić information content (AvgIpc) is 2.49. The van der Waals surface area contributed by atoms with E-state index < -0.39 is 0 Å². The summed E-state index contributed by atoms with van der Waals surface area (Å²) in [5.74, 6) is 1.62. The molecule has 0 fully saturated rings. The lowest BCUT2D eigenvalue weighted by Crippen LogP contribution is -2.36. The average molecular weight is 295 g/mol. The van der Waals surface area contributed by atoms with Crippen LogP contribution < -0.4 is 15.8 Å². The van der Waals surface area contributed by atoms with Gasteiger partial charge in [-0.2, -0.15) is 0 Å². The highest BCUT2D eigenvalue weighted by Gasteiger charge is 2.24. The zero-order valence-corrected chi connectivity index (χ0v) is 13.2. The first kappa shape index (κ1) is 14.4. The second-order valence-corrected chi connectivity index (χ2v) is 5.68. The zero-order chi connectivity index (χ0) is 15.7. The number of aliphatic imine (C=N–C) groups is 1. The van der Waals surface area contributed by atoms with Crippen molar-refractivity contribution in [3.63, 3.8) is 0 Å². The Morgan fingerprint density at radius 2 is 2.00 bits per heavy atom. The topological polar surface area (TPSA) is 59.6 Å². The minimum atomic E-state index is -0.0880. The highest BCUT2D eigenvalue weighted by Crippen LogP contribution is 2.33. The van der Waals surface area contributed by atoms with E-state index in [1.807, 2.05) is 24.3 Å². The number of nitrogens with zero attached hydrogens (tertiary/aromatic N) is 1. The Kier molecular flexibility index (Phi) is 3.75. The van der Waals surface area contributed by atoms with Gasteiger partial charge >= 0.3 is 0 Å². The summed E-state index contributed by atoms with van der Waals surface area (Å²) in [5.41, 5.74) is 10.8. The third-order valence-corrected chi connectivity index (χ3v) is 3.81. The summed E-state index contributed by atoms with van der Waals surface area (Å²) in [6.45, 7) is 6.24. The molecule has 2 aromatic carbocycles. The molecular weight excluding hydrogens is 274 g/mol. The molecule has 114 valence electrons. The number of hydrogen-bond donors (Lipinski definition) is 2. The first-order valence-electron chi connectivity index (χ1n) is 7.56. The van der Waals surface area contributed by atoms with Crippen LogP contribution in [0.25, 0.3) is 0 Å². The Bertz CT molecular complexity index is 737. The van der Waals surface area contributed by atoms with Gasteiger partial charge in [-0.15, -0.1) is 0 Å². The molecule has 0 aliphatic carbocycles. The SMILES string of the molecule is CCC1Oc2cc(N)ccc2NC1=Nc1ccc(C)cc1C. The Balaban J connectivity index is 1.99. The zero-order valence-electron chi connectivity index (χ0n) is 13.2. The summed E-state index contributed by atoms with van der Waals surface area (Å²) in [6.07, 6.45) is 0.750. The van der Waals surface area contributed by atoms with E-state index in [0.29, 0.717) is 5.69 Å². The first-order chi connectivity index (χ1) is 10.6. The van der Waals surface area contributed by atoms with Crippen molar-refractivity contribution in [1.82, 2.24) is 0 Å². The number of nitrogens with two attached hydrogens (primary N) is 1. The summed E-state index contributed by atoms with van der Waals surface area (Å²) in [4.78, 5) is 4.78. The molecule has 0 amide bonds. The van der Waals surface area contributed by atoms with Crippen LogP contribution in [0, 0.1) is 13.8 Å². The molecule has 0 saturated heterocycles. The minimum Gasteiger partial charge on any atom is -0.480 e. The van der Waals surface area contributed by atoms with Crippen LogP contribution in [0.15, 0.2) is 41.4 Å². The van der Waals surface area contributed by atoms with Crippen LogP contribution in [0.2, 0.25) is 0 Å². The predicted molar refractivity (Wildman–Crippen MR) is 92.2 cm³/mol. The number of nitrogens with one attached hydrogen (secondary N) is 1. The maximum Gasteiger partial charge on any atom is 0.156 e. The van der Waals surface area contributed by atoms with Crippen molar-refractivity contribution in [2.45, 2.75) is 33.3 Å². The van der Waals surface area contributed by atoms with Gasteiger partial charge in [-0.25, -0.2) is 4.99 Å². The molecule has 4 heteroatoms. The molecule has 3 rings (SSSR count). The number of nitrogen functional groups attached to an aromatic ring is 1. The van der Waals surface area contributed by atoms with Gasteiger partial charge in [-0.1, -0.05) is 24.6 Å². The van der Waals surface area contributed by atoms with Crippen molar-refractivity contribution >= 4 is 22.9 Å². The Morgan fingerprint density at radius 1 is 1.18 bits per heavy atom. The summed E-state index contributed by atoms with van der Waals surface area (Å²) >= 11 is 0. The molecule has 1 unspecified atom stereocenters. The molecule has 1 aliphatic heterocycles. The molecule has 0 bridgehead atoms. The fraction of sp³-hybridized carbons (Fsp3) is 0.278. The first-order valence-corrected chi connectivity index (χ1v) is 7.56. The molecule has 22 heavy (non-hydrogen) atoms. The summed E-state index contributed by atoms with van der Waals surface area (Å²) in [6, 6.07) is 11.9. The smallest absolute Gasteiger partial charge is 0.156 e. The largest absolute Gasteiger partial charge is 0.480 e. The second-order valence-electron chi connectivity index (χ2n) is 5.68. The molecule has 1 aliphatic rings. The van der Waals surface area contributed by atoms with Crippen LogP contribution in [0.5, 0.6) is 5.75 Å². The van der Waals surface area contributed by atoms with Gasteiger partial charge in [0.2, 0.25) is 0 Å². The lowest BCUT2D eigenvalue weighted by molar-refractivity contribution is 0.259. The maximum atomic E-state index is 6.04. The van der Waals surface area contributed by atoms with Crippen LogP contribution in [0.1, 0.15) is 24.5 Å². The number of aryl methyl sites for hydroxylation is 2. The number of ether oxygens (including phenoxy) is 1. The lowest BCUT2D eigenvalue weighted by atomic mass is 10.1. The van der Waals surface area contributed by atoms with Crippen molar-refractivity contribution < 1.29 is 4.74 Å². The Morgan fingerprint density at radius 3 is 2.73 bits per heavy atom. The van der Waals surface area contributed by atoms with Crippen LogP contribution in [0.3, 0.4) is 0 Å². The molecule has 0 spiro atoms. The summed E-state index contributed by atoms with van der Waals surface area (Å²) in [7, 11) is 0. The maximum absolute atomic E-state index is 6.04. The predicted octanol–water partition coefficient (Wildman–Crippen LogP) is 4.20. The van der Waals surface area contributed by atoms with Crippen LogP contribution in [-0.4, -0.2) is 11.9 Å². The lowest BCUT2D eigenvalue weighted by Gasteiger charge is -2.28. The summed E-state index contributed by atoms with van der Waals surface area (Å²) < 4.78 is 6.04. The number of fused-ring (bicyclic) bond motifs is 1. The molecule has 1 heterocycles. The number of amidine groups is 1. The van der Waals surface area contributed by atoms with E-state index in [-0.39, 0.29) is 6.10 Å². The second kappa shape index (κ2) is 5.72. The number of rotatable bonds is 2. The molecule has 0 aromatic heterocycles.